The third-order valence-electron chi connectivity index (χ3n) is 7.06. The maximum atomic E-state index is 12.9. The van der Waals surface area contributed by atoms with Gasteiger partial charge in [-0.25, -0.2) is 4.79 Å². The zero-order valence-corrected chi connectivity index (χ0v) is 19.5. The van der Waals surface area contributed by atoms with E-state index >= 15 is 0 Å². The zero-order chi connectivity index (χ0) is 24.3. The molecule has 5 rings (SSSR count). The fourth-order valence-electron chi connectivity index (χ4n) is 5.31. The fraction of sp³-hybridized carbons (Fsp3) is 0.310. The SMILES string of the molecule is N#Cc1ccc(C2(O)CC3CCC(C2)N3C(=O)OCc2ccccc2)cc1OCc1ccccc1. The summed E-state index contributed by atoms with van der Waals surface area (Å²) in [6, 6.07) is 26.7. The molecule has 178 valence electrons. The van der Waals surface area contributed by atoms with Crippen LogP contribution in [0.5, 0.6) is 5.75 Å². The first-order valence-electron chi connectivity index (χ1n) is 12.0. The first-order valence-corrected chi connectivity index (χ1v) is 12.0. The van der Waals surface area contributed by atoms with Crippen molar-refractivity contribution in [2.45, 2.75) is 56.6 Å². The van der Waals surface area contributed by atoms with E-state index in [1.165, 1.54) is 0 Å². The minimum absolute atomic E-state index is 0.0913. The Morgan fingerprint density at radius 3 is 2.14 bits per heavy atom. The van der Waals surface area contributed by atoms with E-state index in [9.17, 15) is 15.2 Å². The molecule has 2 bridgehead atoms. The molecule has 1 N–H and O–H groups in total. The molecule has 2 atom stereocenters. The van der Waals surface area contributed by atoms with E-state index in [1.807, 2.05) is 65.6 Å². The molecule has 3 aromatic rings. The van der Waals surface area contributed by atoms with Crippen molar-refractivity contribution in [3.8, 4) is 11.8 Å². The van der Waals surface area contributed by atoms with Crippen molar-refractivity contribution in [1.29, 1.82) is 5.26 Å². The minimum Gasteiger partial charge on any atom is -0.488 e. The van der Waals surface area contributed by atoms with Crippen LogP contribution in [0.1, 0.15) is 47.9 Å². The summed E-state index contributed by atoms with van der Waals surface area (Å²) >= 11 is 0. The molecule has 2 saturated heterocycles. The number of ether oxygens (including phenoxy) is 2. The molecule has 0 aromatic heterocycles. The molecule has 2 heterocycles. The number of rotatable bonds is 6. The van der Waals surface area contributed by atoms with Gasteiger partial charge in [-0.1, -0.05) is 66.7 Å². The van der Waals surface area contributed by atoms with E-state index in [0.717, 1.165) is 24.0 Å². The van der Waals surface area contributed by atoms with Gasteiger partial charge in [0.15, 0.2) is 0 Å². The average molecular weight is 469 g/mol. The summed E-state index contributed by atoms with van der Waals surface area (Å²) in [6.07, 6.45) is 2.19. The summed E-state index contributed by atoms with van der Waals surface area (Å²) in [7, 11) is 0. The van der Waals surface area contributed by atoms with Gasteiger partial charge < -0.3 is 19.5 Å². The normalized spacial score (nSPS) is 22.9. The van der Waals surface area contributed by atoms with Gasteiger partial charge in [0.25, 0.3) is 0 Å². The molecule has 0 aliphatic carbocycles. The van der Waals surface area contributed by atoms with Crippen LogP contribution in [-0.4, -0.2) is 28.2 Å². The fourth-order valence-corrected chi connectivity index (χ4v) is 5.31. The van der Waals surface area contributed by atoms with Gasteiger partial charge in [0.2, 0.25) is 0 Å². The van der Waals surface area contributed by atoms with Crippen molar-refractivity contribution in [2.75, 3.05) is 0 Å². The highest BCUT2D eigenvalue weighted by Crippen LogP contribution is 2.46. The summed E-state index contributed by atoms with van der Waals surface area (Å²) in [5.74, 6) is 0.458. The topological polar surface area (TPSA) is 82.8 Å². The van der Waals surface area contributed by atoms with Crippen LogP contribution in [0.3, 0.4) is 0 Å². The highest BCUT2D eigenvalue weighted by Gasteiger charge is 2.50. The number of hydrogen-bond donors (Lipinski definition) is 1. The van der Waals surface area contributed by atoms with E-state index in [0.29, 0.717) is 36.3 Å². The lowest BCUT2D eigenvalue weighted by Gasteiger charge is -2.43. The van der Waals surface area contributed by atoms with E-state index < -0.39 is 5.60 Å². The highest BCUT2D eigenvalue weighted by molar-refractivity contribution is 5.69. The summed E-state index contributed by atoms with van der Waals surface area (Å²) in [5, 5.41) is 21.2. The standard InChI is InChI=1S/C29H28N2O4/c30-18-23-11-12-24(15-27(23)34-19-21-7-3-1-4-8-21)29(33)16-25-13-14-26(17-29)31(25)28(32)35-20-22-9-5-2-6-10-22/h1-12,15,25-26,33H,13-14,16-17,19-20H2. The number of nitrogens with zero attached hydrogens (tertiary/aromatic N) is 2. The zero-order valence-electron chi connectivity index (χ0n) is 19.5. The Morgan fingerprint density at radius 1 is 0.943 bits per heavy atom. The molecule has 6 heteroatoms. The van der Waals surface area contributed by atoms with Crippen LogP contribution >= 0.6 is 0 Å². The van der Waals surface area contributed by atoms with Gasteiger partial charge in [-0.15, -0.1) is 0 Å². The van der Waals surface area contributed by atoms with Gasteiger partial charge >= 0.3 is 6.09 Å². The molecule has 0 radical (unpaired) electrons. The van der Waals surface area contributed by atoms with Crippen LogP contribution in [0.25, 0.3) is 0 Å². The Morgan fingerprint density at radius 2 is 1.54 bits per heavy atom. The predicted octanol–water partition coefficient (Wildman–Crippen LogP) is 5.29. The first-order chi connectivity index (χ1) is 17.1. The van der Waals surface area contributed by atoms with Crippen molar-refractivity contribution < 1.29 is 19.4 Å². The number of aliphatic hydroxyl groups is 1. The van der Waals surface area contributed by atoms with E-state index in [-0.39, 0.29) is 24.8 Å². The predicted molar refractivity (Wildman–Crippen MR) is 130 cm³/mol. The van der Waals surface area contributed by atoms with Crippen molar-refractivity contribution >= 4 is 6.09 Å². The van der Waals surface area contributed by atoms with Crippen LogP contribution in [-0.2, 0) is 23.6 Å². The van der Waals surface area contributed by atoms with Crippen LogP contribution in [0.15, 0.2) is 78.9 Å². The van der Waals surface area contributed by atoms with Gasteiger partial charge in [-0.3, -0.25) is 0 Å². The number of carbonyl (C=O) groups excluding carboxylic acids is 1. The molecule has 1 amide bonds. The second-order valence-electron chi connectivity index (χ2n) is 9.37. The Hall–Kier alpha value is -3.82. The molecule has 6 nitrogen and oxygen atoms in total. The molecular formula is C29H28N2O4. The highest BCUT2D eigenvalue weighted by atomic mass is 16.6. The summed E-state index contributed by atoms with van der Waals surface area (Å²) in [5.41, 5.74) is 2.00. The second-order valence-corrected chi connectivity index (χ2v) is 9.37. The van der Waals surface area contributed by atoms with Crippen molar-refractivity contribution in [1.82, 2.24) is 4.90 Å². The smallest absolute Gasteiger partial charge is 0.410 e. The molecule has 2 aliphatic heterocycles. The average Bonchev–Trinajstić information content (AvgIpc) is 3.18. The number of piperidine rings is 1. The largest absolute Gasteiger partial charge is 0.488 e. The van der Waals surface area contributed by atoms with Gasteiger partial charge in [-0.2, -0.15) is 5.26 Å². The summed E-state index contributed by atoms with van der Waals surface area (Å²) in [4.78, 5) is 14.7. The Balaban J connectivity index is 1.29. The summed E-state index contributed by atoms with van der Waals surface area (Å²) < 4.78 is 11.6. The molecule has 0 saturated carbocycles. The second kappa shape index (κ2) is 9.81. The third-order valence-corrected chi connectivity index (χ3v) is 7.06. The number of carbonyl (C=O) groups is 1. The van der Waals surface area contributed by atoms with Gasteiger partial charge in [-0.05, 0) is 41.7 Å². The quantitative estimate of drug-likeness (QED) is 0.532. The molecule has 2 aliphatic rings. The van der Waals surface area contributed by atoms with E-state index in [2.05, 4.69) is 6.07 Å². The molecule has 2 unspecified atom stereocenters. The van der Waals surface area contributed by atoms with Crippen LogP contribution < -0.4 is 4.74 Å². The molecule has 2 fully saturated rings. The number of amides is 1. The third kappa shape index (κ3) is 4.87. The Labute approximate surface area is 205 Å². The molecule has 3 aromatic carbocycles. The molecule has 0 spiro atoms. The van der Waals surface area contributed by atoms with Crippen LogP contribution in [0.4, 0.5) is 4.79 Å². The maximum absolute atomic E-state index is 12.9. The lowest BCUT2D eigenvalue weighted by molar-refractivity contribution is -0.0538. The first kappa shape index (κ1) is 22.9. The lowest BCUT2D eigenvalue weighted by Crippen LogP contribution is -2.52. The number of benzene rings is 3. The molecular weight excluding hydrogens is 440 g/mol. The van der Waals surface area contributed by atoms with Crippen molar-refractivity contribution in [3.05, 3.63) is 101 Å². The maximum Gasteiger partial charge on any atom is 0.410 e. The minimum atomic E-state index is -1.10. The van der Waals surface area contributed by atoms with Crippen molar-refractivity contribution in [2.24, 2.45) is 0 Å². The van der Waals surface area contributed by atoms with E-state index in [4.69, 9.17) is 9.47 Å². The van der Waals surface area contributed by atoms with Gasteiger partial charge in [0.1, 0.15) is 25.0 Å². The lowest BCUT2D eigenvalue weighted by atomic mass is 9.80. The van der Waals surface area contributed by atoms with Crippen LogP contribution in [0, 0.1) is 11.3 Å². The summed E-state index contributed by atoms with van der Waals surface area (Å²) in [6.45, 7) is 0.571. The van der Waals surface area contributed by atoms with Gasteiger partial charge in [0, 0.05) is 24.9 Å². The number of hydrogen-bond acceptors (Lipinski definition) is 5. The van der Waals surface area contributed by atoms with Crippen LogP contribution in [0.2, 0.25) is 0 Å². The number of nitriles is 1. The Bertz CT molecular complexity index is 1210. The number of fused-ring (bicyclic) bond motifs is 2. The van der Waals surface area contributed by atoms with Gasteiger partial charge in [0.05, 0.1) is 11.2 Å². The van der Waals surface area contributed by atoms with Crippen molar-refractivity contribution in [3.63, 3.8) is 0 Å². The molecule has 35 heavy (non-hydrogen) atoms. The van der Waals surface area contributed by atoms with E-state index in [1.54, 1.807) is 18.2 Å². The Kier molecular flexibility index (Phi) is 6.43. The monoisotopic (exact) mass is 468 g/mol.